The van der Waals surface area contributed by atoms with Crippen LogP contribution in [0.25, 0.3) is 0 Å². The fraction of sp³-hybridized carbons (Fsp3) is 0.769. The summed E-state index contributed by atoms with van der Waals surface area (Å²) in [6.45, 7) is 3.55. The number of urea groups is 1. The molecule has 2 aliphatic heterocycles. The Hall–Kier alpha value is -1.43. The molecule has 0 atom stereocenters. The third-order valence-electron chi connectivity index (χ3n) is 4.36. The number of carbonyl (C=O) groups is 3. The molecule has 6 heteroatoms. The third kappa shape index (κ3) is 2.14. The lowest BCUT2D eigenvalue weighted by molar-refractivity contribution is -0.144. The van der Waals surface area contributed by atoms with Crippen LogP contribution in [0.3, 0.4) is 0 Å². The average Bonchev–Trinajstić information content (AvgIpc) is 3.03. The van der Waals surface area contributed by atoms with Crippen molar-refractivity contribution in [1.29, 1.82) is 0 Å². The van der Waals surface area contributed by atoms with Crippen molar-refractivity contribution in [3.8, 4) is 0 Å². The first-order chi connectivity index (χ1) is 9.13. The molecule has 0 radical (unpaired) electrons. The number of amides is 4. The van der Waals surface area contributed by atoms with Crippen LogP contribution >= 0.6 is 0 Å². The molecule has 1 aliphatic carbocycles. The monoisotopic (exact) mass is 265 g/mol. The van der Waals surface area contributed by atoms with Crippen molar-refractivity contribution in [2.75, 3.05) is 26.2 Å². The van der Waals surface area contributed by atoms with Gasteiger partial charge in [0.1, 0.15) is 5.41 Å². The van der Waals surface area contributed by atoms with Gasteiger partial charge < -0.3 is 4.90 Å². The normalized spacial score (nSPS) is 26.1. The fourth-order valence-electron chi connectivity index (χ4n) is 2.96. The van der Waals surface area contributed by atoms with Crippen LogP contribution in [0, 0.1) is 5.41 Å². The maximum absolute atomic E-state index is 12.2. The molecule has 0 unspecified atom stereocenters. The molecule has 3 aliphatic rings. The molecule has 3 rings (SSSR count). The van der Waals surface area contributed by atoms with Crippen LogP contribution in [0.1, 0.15) is 32.1 Å². The van der Waals surface area contributed by atoms with Crippen molar-refractivity contribution in [1.82, 2.24) is 15.1 Å². The van der Waals surface area contributed by atoms with E-state index in [0.29, 0.717) is 19.4 Å². The zero-order valence-electron chi connectivity index (χ0n) is 11.0. The first kappa shape index (κ1) is 12.6. The lowest BCUT2D eigenvalue weighted by Gasteiger charge is -2.30. The van der Waals surface area contributed by atoms with E-state index < -0.39 is 17.4 Å². The van der Waals surface area contributed by atoms with E-state index in [2.05, 4.69) is 10.2 Å². The van der Waals surface area contributed by atoms with E-state index in [1.165, 1.54) is 17.7 Å². The number of imide groups is 2. The molecular weight excluding hydrogens is 246 g/mol. The van der Waals surface area contributed by atoms with Crippen molar-refractivity contribution < 1.29 is 14.4 Å². The predicted octanol–water partition coefficient (Wildman–Crippen LogP) is 0.331. The highest BCUT2D eigenvalue weighted by atomic mass is 16.2. The fourth-order valence-corrected chi connectivity index (χ4v) is 2.96. The summed E-state index contributed by atoms with van der Waals surface area (Å²) in [5.74, 6) is -0.694. The van der Waals surface area contributed by atoms with Gasteiger partial charge in [0.2, 0.25) is 11.8 Å². The van der Waals surface area contributed by atoms with Gasteiger partial charge in [0.25, 0.3) is 0 Å². The second-order valence-corrected chi connectivity index (χ2v) is 5.70. The number of nitrogens with zero attached hydrogens (tertiary/aromatic N) is 2. The minimum absolute atomic E-state index is 0.289. The molecule has 0 aromatic heterocycles. The van der Waals surface area contributed by atoms with Gasteiger partial charge in [-0.3, -0.25) is 19.8 Å². The van der Waals surface area contributed by atoms with Gasteiger partial charge in [-0.25, -0.2) is 4.79 Å². The van der Waals surface area contributed by atoms with Crippen molar-refractivity contribution in [3.63, 3.8) is 0 Å². The van der Waals surface area contributed by atoms with E-state index in [1.807, 2.05) is 0 Å². The first-order valence-corrected chi connectivity index (χ1v) is 7.03. The maximum atomic E-state index is 12.2. The largest absolute Gasteiger partial charge is 0.330 e. The van der Waals surface area contributed by atoms with Crippen LogP contribution in [0.2, 0.25) is 0 Å². The van der Waals surface area contributed by atoms with Gasteiger partial charge in [-0.05, 0) is 51.7 Å². The van der Waals surface area contributed by atoms with E-state index in [9.17, 15) is 14.4 Å². The SMILES string of the molecule is O=C1NC(=O)C2(CC2)C(=O)N1CCCN1CCCC1. The summed E-state index contributed by atoms with van der Waals surface area (Å²) in [6, 6.07) is -0.547. The van der Waals surface area contributed by atoms with E-state index >= 15 is 0 Å². The zero-order valence-corrected chi connectivity index (χ0v) is 11.0. The Kier molecular flexibility index (Phi) is 3.05. The molecule has 1 N–H and O–H groups in total. The molecule has 3 fully saturated rings. The molecule has 2 saturated heterocycles. The van der Waals surface area contributed by atoms with Crippen LogP contribution in [0.5, 0.6) is 0 Å². The van der Waals surface area contributed by atoms with E-state index in [1.54, 1.807) is 0 Å². The Balaban J connectivity index is 1.55. The Bertz CT molecular complexity index is 425. The molecular formula is C13H19N3O3. The molecule has 0 aromatic rings. The van der Waals surface area contributed by atoms with Gasteiger partial charge in [0.15, 0.2) is 0 Å². The zero-order chi connectivity index (χ0) is 13.5. The lowest BCUT2D eigenvalue weighted by atomic mass is 10.0. The average molecular weight is 265 g/mol. The smallest absolute Gasteiger partial charge is 0.303 e. The molecule has 1 spiro atoms. The van der Waals surface area contributed by atoms with Crippen LogP contribution in [0.15, 0.2) is 0 Å². The standard InChI is InChI=1S/C13H19N3O3/c17-10-13(4-5-13)11(18)16(12(19)14-10)9-3-8-15-6-1-2-7-15/h1-9H2,(H,14,17,19). The van der Waals surface area contributed by atoms with Gasteiger partial charge in [-0.15, -0.1) is 0 Å². The van der Waals surface area contributed by atoms with Gasteiger partial charge in [0, 0.05) is 6.54 Å². The molecule has 19 heavy (non-hydrogen) atoms. The lowest BCUT2D eigenvalue weighted by Crippen LogP contribution is -2.59. The molecule has 4 amide bonds. The minimum Gasteiger partial charge on any atom is -0.303 e. The van der Waals surface area contributed by atoms with E-state index in [0.717, 1.165) is 26.1 Å². The van der Waals surface area contributed by atoms with Crippen LogP contribution in [0.4, 0.5) is 4.79 Å². The van der Waals surface area contributed by atoms with Gasteiger partial charge >= 0.3 is 6.03 Å². The summed E-state index contributed by atoms with van der Waals surface area (Å²) < 4.78 is 0. The highest BCUT2D eigenvalue weighted by molar-refractivity contribution is 6.20. The first-order valence-electron chi connectivity index (χ1n) is 7.03. The highest BCUT2D eigenvalue weighted by Gasteiger charge is 2.61. The molecule has 0 bridgehead atoms. The van der Waals surface area contributed by atoms with Crippen LogP contribution < -0.4 is 5.32 Å². The number of hydrogen-bond acceptors (Lipinski definition) is 4. The van der Waals surface area contributed by atoms with Crippen molar-refractivity contribution in [2.45, 2.75) is 32.1 Å². The Morgan fingerprint density at radius 2 is 1.74 bits per heavy atom. The summed E-state index contributed by atoms with van der Waals surface area (Å²) in [7, 11) is 0. The number of barbiturate groups is 1. The number of carbonyl (C=O) groups excluding carboxylic acids is 3. The van der Waals surface area contributed by atoms with Crippen molar-refractivity contribution in [2.24, 2.45) is 5.41 Å². The second-order valence-electron chi connectivity index (χ2n) is 5.70. The molecule has 0 aromatic carbocycles. The Morgan fingerprint density at radius 1 is 1.05 bits per heavy atom. The van der Waals surface area contributed by atoms with Gasteiger partial charge in [-0.1, -0.05) is 0 Å². The predicted molar refractivity (Wildman–Crippen MR) is 67.2 cm³/mol. The van der Waals surface area contributed by atoms with Gasteiger partial charge in [0.05, 0.1) is 0 Å². The number of nitrogens with one attached hydrogen (secondary N) is 1. The van der Waals surface area contributed by atoms with Crippen LogP contribution in [-0.4, -0.2) is 53.8 Å². The number of likely N-dealkylation sites (tertiary alicyclic amines) is 1. The molecule has 6 nitrogen and oxygen atoms in total. The quantitative estimate of drug-likeness (QED) is 0.744. The summed E-state index contributed by atoms with van der Waals surface area (Å²) in [6.07, 6.45) is 4.41. The van der Waals surface area contributed by atoms with Gasteiger partial charge in [-0.2, -0.15) is 0 Å². The van der Waals surface area contributed by atoms with E-state index in [-0.39, 0.29) is 5.91 Å². The summed E-state index contributed by atoms with van der Waals surface area (Å²) in [5, 5.41) is 2.30. The Labute approximate surface area is 112 Å². The summed E-state index contributed by atoms with van der Waals surface area (Å²) in [5.41, 5.74) is -0.901. The molecule has 104 valence electrons. The maximum Gasteiger partial charge on any atom is 0.330 e. The topological polar surface area (TPSA) is 69.7 Å². The van der Waals surface area contributed by atoms with Crippen molar-refractivity contribution >= 4 is 17.8 Å². The third-order valence-corrected chi connectivity index (χ3v) is 4.36. The summed E-state index contributed by atoms with van der Waals surface area (Å²) in [4.78, 5) is 39.1. The second kappa shape index (κ2) is 4.59. The van der Waals surface area contributed by atoms with E-state index in [4.69, 9.17) is 0 Å². The minimum atomic E-state index is -0.901. The van der Waals surface area contributed by atoms with Crippen LogP contribution in [-0.2, 0) is 9.59 Å². The molecule has 1 saturated carbocycles. The highest BCUT2D eigenvalue weighted by Crippen LogP contribution is 2.48. The van der Waals surface area contributed by atoms with Crippen molar-refractivity contribution in [3.05, 3.63) is 0 Å². The summed E-state index contributed by atoms with van der Waals surface area (Å²) >= 11 is 0. The molecule has 2 heterocycles. The number of hydrogen-bond donors (Lipinski definition) is 1. The Morgan fingerprint density at radius 3 is 2.37 bits per heavy atom. The number of rotatable bonds is 4.